The maximum Gasteiger partial charge on any atom is 0.125 e. The van der Waals surface area contributed by atoms with Gasteiger partial charge in [0.25, 0.3) is 0 Å². The number of pyridine rings is 1. The molecule has 0 saturated heterocycles. The predicted octanol–water partition coefficient (Wildman–Crippen LogP) is 3.48. The molecule has 1 N–H and O–H groups in total. The minimum absolute atomic E-state index is 0.427. The molecular weight excluding hydrogens is 294 g/mol. The lowest BCUT2D eigenvalue weighted by atomic mass is 10.1. The summed E-state index contributed by atoms with van der Waals surface area (Å²) in [5.74, 6) is 0.701. The van der Waals surface area contributed by atoms with Crippen molar-refractivity contribution >= 4 is 15.9 Å². The van der Waals surface area contributed by atoms with Gasteiger partial charge in [-0.15, -0.1) is 0 Å². The molecule has 18 heavy (non-hydrogen) atoms. The van der Waals surface area contributed by atoms with Crippen molar-refractivity contribution < 1.29 is 9.84 Å². The van der Waals surface area contributed by atoms with E-state index in [1.807, 2.05) is 30.3 Å². The van der Waals surface area contributed by atoms with Gasteiger partial charge < -0.3 is 9.84 Å². The van der Waals surface area contributed by atoms with E-state index in [4.69, 9.17) is 4.74 Å². The number of aliphatic hydroxyl groups excluding tert-OH is 1. The van der Waals surface area contributed by atoms with E-state index in [2.05, 4.69) is 20.9 Å². The van der Waals surface area contributed by atoms with E-state index in [0.29, 0.717) is 12.4 Å². The Bertz CT molecular complexity index is 529. The van der Waals surface area contributed by atoms with Crippen molar-refractivity contribution in [3.8, 4) is 5.75 Å². The molecule has 1 aromatic heterocycles. The molecule has 0 aliphatic heterocycles. The van der Waals surface area contributed by atoms with Gasteiger partial charge in [0, 0.05) is 28.0 Å². The molecule has 0 saturated carbocycles. The van der Waals surface area contributed by atoms with Crippen LogP contribution in [0.25, 0.3) is 0 Å². The molecule has 0 aliphatic rings. The van der Waals surface area contributed by atoms with E-state index in [9.17, 15) is 5.11 Å². The summed E-state index contributed by atoms with van der Waals surface area (Å²) in [4.78, 5) is 4.08. The first-order valence-electron chi connectivity index (χ1n) is 5.66. The van der Waals surface area contributed by atoms with Crippen molar-refractivity contribution in [2.24, 2.45) is 0 Å². The Morgan fingerprint density at radius 1 is 1.33 bits per heavy atom. The first kappa shape index (κ1) is 13.1. The number of benzene rings is 1. The molecule has 0 amide bonds. The minimum atomic E-state index is -0.540. The molecule has 0 bridgehead atoms. The molecule has 0 spiro atoms. The van der Waals surface area contributed by atoms with E-state index in [-0.39, 0.29) is 0 Å². The lowest BCUT2D eigenvalue weighted by Gasteiger charge is -2.13. The van der Waals surface area contributed by atoms with Crippen molar-refractivity contribution in [2.75, 3.05) is 0 Å². The van der Waals surface area contributed by atoms with Crippen LogP contribution < -0.4 is 4.74 Å². The van der Waals surface area contributed by atoms with Gasteiger partial charge in [-0.2, -0.15) is 0 Å². The summed E-state index contributed by atoms with van der Waals surface area (Å²) in [5.41, 5.74) is 1.77. The second kappa shape index (κ2) is 5.98. The fourth-order valence-electron chi connectivity index (χ4n) is 1.65. The molecule has 4 heteroatoms. The Kier molecular flexibility index (Phi) is 4.33. The number of halogens is 1. The van der Waals surface area contributed by atoms with Gasteiger partial charge >= 0.3 is 0 Å². The zero-order valence-electron chi connectivity index (χ0n) is 10.0. The van der Waals surface area contributed by atoms with Crippen LogP contribution in [-0.2, 0) is 6.61 Å². The third kappa shape index (κ3) is 3.31. The number of ether oxygens (including phenoxy) is 1. The average molecular weight is 308 g/mol. The molecule has 0 radical (unpaired) electrons. The van der Waals surface area contributed by atoms with Crippen molar-refractivity contribution in [1.82, 2.24) is 4.98 Å². The second-order valence-corrected chi connectivity index (χ2v) is 4.93. The van der Waals surface area contributed by atoms with Crippen LogP contribution in [0, 0.1) is 0 Å². The molecular formula is C14H14BrNO2. The lowest BCUT2D eigenvalue weighted by molar-refractivity contribution is 0.190. The fraction of sp³-hybridized carbons (Fsp3) is 0.214. The van der Waals surface area contributed by atoms with Crippen molar-refractivity contribution in [3.05, 3.63) is 58.3 Å². The van der Waals surface area contributed by atoms with Crippen LogP contribution in [0.4, 0.5) is 0 Å². The van der Waals surface area contributed by atoms with Crippen molar-refractivity contribution in [2.45, 2.75) is 19.6 Å². The van der Waals surface area contributed by atoms with Gasteiger partial charge in [-0.25, -0.2) is 0 Å². The summed E-state index contributed by atoms with van der Waals surface area (Å²) < 4.78 is 6.64. The summed E-state index contributed by atoms with van der Waals surface area (Å²) >= 11 is 3.37. The van der Waals surface area contributed by atoms with E-state index in [0.717, 1.165) is 15.6 Å². The normalized spacial score (nSPS) is 12.2. The van der Waals surface area contributed by atoms with Crippen LogP contribution in [-0.4, -0.2) is 10.1 Å². The monoisotopic (exact) mass is 307 g/mol. The van der Waals surface area contributed by atoms with E-state index < -0.39 is 6.10 Å². The molecule has 2 rings (SSSR count). The number of hydrogen-bond donors (Lipinski definition) is 1. The topological polar surface area (TPSA) is 42.4 Å². The average Bonchev–Trinajstić information content (AvgIpc) is 2.37. The number of aromatic nitrogens is 1. The third-order valence-electron chi connectivity index (χ3n) is 2.52. The molecule has 0 fully saturated rings. The molecule has 1 heterocycles. The highest BCUT2D eigenvalue weighted by molar-refractivity contribution is 9.10. The van der Waals surface area contributed by atoms with Gasteiger partial charge in [-0.3, -0.25) is 4.98 Å². The molecule has 3 nitrogen and oxygen atoms in total. The van der Waals surface area contributed by atoms with Gasteiger partial charge in [0.15, 0.2) is 0 Å². The Morgan fingerprint density at radius 3 is 2.83 bits per heavy atom. The Balaban J connectivity index is 2.11. The molecule has 1 atom stereocenters. The van der Waals surface area contributed by atoms with Crippen LogP contribution in [0.15, 0.2) is 47.2 Å². The number of nitrogens with zero attached hydrogens (tertiary/aromatic N) is 1. The number of rotatable bonds is 4. The number of hydrogen-bond acceptors (Lipinski definition) is 3. The predicted molar refractivity (Wildman–Crippen MR) is 73.3 cm³/mol. The Labute approximate surface area is 115 Å². The Morgan fingerprint density at radius 2 is 2.11 bits per heavy atom. The quantitative estimate of drug-likeness (QED) is 0.940. The van der Waals surface area contributed by atoms with Gasteiger partial charge in [0.2, 0.25) is 0 Å². The number of para-hydroxylation sites is 1. The van der Waals surface area contributed by atoms with E-state index in [1.54, 1.807) is 19.3 Å². The van der Waals surface area contributed by atoms with Gasteiger partial charge in [0.05, 0.1) is 6.10 Å². The van der Waals surface area contributed by atoms with E-state index in [1.165, 1.54) is 0 Å². The second-order valence-electron chi connectivity index (χ2n) is 4.01. The summed E-state index contributed by atoms with van der Waals surface area (Å²) in [6, 6.07) is 9.45. The SMILES string of the molecule is CC(O)c1ccccc1OCc1cncc(Br)c1. The first-order valence-corrected chi connectivity index (χ1v) is 6.45. The lowest BCUT2D eigenvalue weighted by Crippen LogP contribution is -2.01. The summed E-state index contributed by atoms with van der Waals surface area (Å²) in [6.07, 6.45) is 2.95. The van der Waals surface area contributed by atoms with E-state index >= 15 is 0 Å². The van der Waals surface area contributed by atoms with Gasteiger partial charge in [0.1, 0.15) is 12.4 Å². The molecule has 94 valence electrons. The summed E-state index contributed by atoms with van der Waals surface area (Å²) in [5, 5.41) is 9.65. The van der Waals surface area contributed by atoms with Crippen LogP contribution in [0.2, 0.25) is 0 Å². The van der Waals surface area contributed by atoms with Crippen LogP contribution in [0.3, 0.4) is 0 Å². The smallest absolute Gasteiger partial charge is 0.125 e. The third-order valence-corrected chi connectivity index (χ3v) is 2.96. The number of aliphatic hydroxyl groups is 1. The highest BCUT2D eigenvalue weighted by Gasteiger charge is 2.08. The van der Waals surface area contributed by atoms with Crippen molar-refractivity contribution in [1.29, 1.82) is 0 Å². The Hall–Kier alpha value is -1.39. The molecule has 1 unspecified atom stereocenters. The first-order chi connectivity index (χ1) is 8.66. The van der Waals surface area contributed by atoms with Crippen molar-refractivity contribution in [3.63, 3.8) is 0 Å². The van der Waals surface area contributed by atoms with Crippen LogP contribution in [0.1, 0.15) is 24.2 Å². The maximum atomic E-state index is 9.65. The van der Waals surface area contributed by atoms with Gasteiger partial charge in [-0.1, -0.05) is 18.2 Å². The van der Waals surface area contributed by atoms with Crippen LogP contribution >= 0.6 is 15.9 Å². The molecule has 1 aromatic carbocycles. The minimum Gasteiger partial charge on any atom is -0.488 e. The zero-order valence-corrected chi connectivity index (χ0v) is 11.6. The summed E-state index contributed by atoms with van der Waals surface area (Å²) in [7, 11) is 0. The standard InChI is InChI=1S/C14H14BrNO2/c1-10(17)13-4-2-3-5-14(13)18-9-11-6-12(15)8-16-7-11/h2-8,10,17H,9H2,1H3. The maximum absolute atomic E-state index is 9.65. The molecule has 0 aliphatic carbocycles. The zero-order chi connectivity index (χ0) is 13.0. The highest BCUT2D eigenvalue weighted by Crippen LogP contribution is 2.25. The summed E-state index contributed by atoms with van der Waals surface area (Å²) in [6.45, 7) is 2.15. The largest absolute Gasteiger partial charge is 0.488 e. The highest BCUT2D eigenvalue weighted by atomic mass is 79.9. The fourth-order valence-corrected chi connectivity index (χ4v) is 2.07. The van der Waals surface area contributed by atoms with Gasteiger partial charge in [-0.05, 0) is 35.0 Å². The van der Waals surface area contributed by atoms with Crippen LogP contribution in [0.5, 0.6) is 5.75 Å². The molecule has 2 aromatic rings.